The highest BCUT2D eigenvalue weighted by Crippen LogP contribution is 2.20. The van der Waals surface area contributed by atoms with Gasteiger partial charge in [0.2, 0.25) is 0 Å². The van der Waals surface area contributed by atoms with Crippen molar-refractivity contribution in [3.05, 3.63) is 28.8 Å². The van der Waals surface area contributed by atoms with E-state index < -0.39 is 0 Å². The molecule has 1 amide bonds. The van der Waals surface area contributed by atoms with E-state index in [4.69, 9.17) is 17.3 Å². The number of anilines is 1. The standard InChI is InChI=1S/C11H14ClN3O/c12-10-2-1-8(13)7-9(10)11(16)15-5-3-14-4-6-15/h1-2,7,14H,3-6,13H2. The SMILES string of the molecule is Nc1ccc(Cl)c(C(=O)N2CCNCC2)c1. The molecule has 0 spiro atoms. The molecule has 0 bridgehead atoms. The van der Waals surface area contributed by atoms with E-state index in [0.717, 1.165) is 13.1 Å². The van der Waals surface area contributed by atoms with Gasteiger partial charge in [-0.05, 0) is 18.2 Å². The lowest BCUT2D eigenvalue weighted by Gasteiger charge is -2.27. The molecule has 1 heterocycles. The molecule has 1 saturated heterocycles. The zero-order chi connectivity index (χ0) is 11.5. The van der Waals surface area contributed by atoms with Crippen molar-refractivity contribution in [2.45, 2.75) is 0 Å². The van der Waals surface area contributed by atoms with E-state index in [1.54, 1.807) is 23.1 Å². The first kappa shape index (κ1) is 11.2. The van der Waals surface area contributed by atoms with Crippen molar-refractivity contribution < 1.29 is 4.79 Å². The fourth-order valence-corrected chi connectivity index (χ4v) is 1.94. The molecule has 3 N–H and O–H groups in total. The molecule has 1 aliphatic rings. The molecule has 2 rings (SSSR count). The van der Waals surface area contributed by atoms with Crippen molar-refractivity contribution in [2.75, 3.05) is 31.9 Å². The Morgan fingerprint density at radius 3 is 2.75 bits per heavy atom. The summed E-state index contributed by atoms with van der Waals surface area (Å²) in [7, 11) is 0. The van der Waals surface area contributed by atoms with Crippen LogP contribution < -0.4 is 11.1 Å². The Balaban J connectivity index is 2.22. The molecule has 1 fully saturated rings. The van der Waals surface area contributed by atoms with Crippen molar-refractivity contribution in [1.29, 1.82) is 0 Å². The monoisotopic (exact) mass is 239 g/mol. The average Bonchev–Trinajstić information content (AvgIpc) is 2.32. The molecule has 16 heavy (non-hydrogen) atoms. The van der Waals surface area contributed by atoms with Gasteiger partial charge in [-0.3, -0.25) is 4.79 Å². The van der Waals surface area contributed by atoms with E-state index in [1.807, 2.05) is 0 Å². The van der Waals surface area contributed by atoms with Crippen LogP contribution in [0.5, 0.6) is 0 Å². The fraction of sp³-hybridized carbons (Fsp3) is 0.364. The number of halogens is 1. The van der Waals surface area contributed by atoms with Gasteiger partial charge in [-0.25, -0.2) is 0 Å². The number of rotatable bonds is 1. The number of benzene rings is 1. The molecule has 1 aromatic rings. The molecule has 5 heteroatoms. The predicted octanol–water partition coefficient (Wildman–Crippen LogP) is 0.968. The maximum absolute atomic E-state index is 12.1. The van der Waals surface area contributed by atoms with Gasteiger partial charge in [0.25, 0.3) is 5.91 Å². The minimum absolute atomic E-state index is 0.0428. The number of piperazine rings is 1. The van der Waals surface area contributed by atoms with Crippen LogP contribution in [0.3, 0.4) is 0 Å². The maximum Gasteiger partial charge on any atom is 0.255 e. The minimum Gasteiger partial charge on any atom is -0.399 e. The minimum atomic E-state index is -0.0428. The first-order valence-corrected chi connectivity index (χ1v) is 5.61. The quantitative estimate of drug-likeness (QED) is 0.718. The highest BCUT2D eigenvalue weighted by Gasteiger charge is 2.20. The second kappa shape index (κ2) is 4.72. The maximum atomic E-state index is 12.1. The van der Waals surface area contributed by atoms with E-state index in [9.17, 15) is 4.79 Å². The number of nitrogen functional groups attached to an aromatic ring is 1. The van der Waals surface area contributed by atoms with Gasteiger partial charge in [0.15, 0.2) is 0 Å². The number of hydrogen-bond acceptors (Lipinski definition) is 3. The van der Waals surface area contributed by atoms with Gasteiger partial charge in [-0.2, -0.15) is 0 Å². The number of nitrogens with zero attached hydrogens (tertiary/aromatic N) is 1. The van der Waals surface area contributed by atoms with Crippen LogP contribution in [0.1, 0.15) is 10.4 Å². The van der Waals surface area contributed by atoms with Crippen LogP contribution in [-0.2, 0) is 0 Å². The number of carbonyl (C=O) groups is 1. The first-order valence-electron chi connectivity index (χ1n) is 5.23. The molecule has 0 aliphatic carbocycles. The Morgan fingerprint density at radius 1 is 1.38 bits per heavy atom. The van der Waals surface area contributed by atoms with Crippen LogP contribution >= 0.6 is 11.6 Å². The lowest BCUT2D eigenvalue weighted by Crippen LogP contribution is -2.46. The molecule has 0 aromatic heterocycles. The molecule has 86 valence electrons. The lowest BCUT2D eigenvalue weighted by atomic mass is 10.1. The van der Waals surface area contributed by atoms with Gasteiger partial charge >= 0.3 is 0 Å². The third-order valence-electron chi connectivity index (χ3n) is 2.63. The van der Waals surface area contributed by atoms with Gasteiger partial charge in [0.1, 0.15) is 0 Å². The van der Waals surface area contributed by atoms with Crippen LogP contribution in [0.2, 0.25) is 5.02 Å². The van der Waals surface area contributed by atoms with Crippen molar-refractivity contribution in [3.63, 3.8) is 0 Å². The number of nitrogens with one attached hydrogen (secondary N) is 1. The van der Waals surface area contributed by atoms with Gasteiger partial charge in [0.05, 0.1) is 10.6 Å². The summed E-state index contributed by atoms with van der Waals surface area (Å²) >= 11 is 5.99. The lowest BCUT2D eigenvalue weighted by molar-refractivity contribution is 0.0736. The second-order valence-electron chi connectivity index (χ2n) is 3.78. The number of hydrogen-bond donors (Lipinski definition) is 2. The Labute approximate surface area is 99.4 Å². The summed E-state index contributed by atoms with van der Waals surface area (Å²) in [6.45, 7) is 3.07. The molecule has 0 saturated carbocycles. The molecule has 0 radical (unpaired) electrons. The van der Waals surface area contributed by atoms with Crippen molar-refractivity contribution in [2.24, 2.45) is 0 Å². The summed E-state index contributed by atoms with van der Waals surface area (Å²) in [5, 5.41) is 3.65. The van der Waals surface area contributed by atoms with Gasteiger partial charge in [-0.1, -0.05) is 11.6 Å². The van der Waals surface area contributed by atoms with Crippen LogP contribution in [0.25, 0.3) is 0 Å². The number of nitrogens with two attached hydrogens (primary N) is 1. The summed E-state index contributed by atoms with van der Waals surface area (Å²) < 4.78 is 0. The highest BCUT2D eigenvalue weighted by molar-refractivity contribution is 6.34. The van der Waals surface area contributed by atoms with Crippen molar-refractivity contribution >= 4 is 23.2 Å². The van der Waals surface area contributed by atoms with Crippen molar-refractivity contribution in [1.82, 2.24) is 10.2 Å². The molecule has 0 unspecified atom stereocenters. The van der Waals surface area contributed by atoms with E-state index in [0.29, 0.717) is 29.4 Å². The van der Waals surface area contributed by atoms with E-state index in [-0.39, 0.29) is 5.91 Å². The smallest absolute Gasteiger partial charge is 0.255 e. The van der Waals surface area contributed by atoms with Gasteiger partial charge in [0, 0.05) is 31.9 Å². The Bertz CT molecular complexity index is 402. The third-order valence-corrected chi connectivity index (χ3v) is 2.95. The van der Waals surface area contributed by atoms with Crippen LogP contribution in [-0.4, -0.2) is 37.0 Å². The topological polar surface area (TPSA) is 58.4 Å². The second-order valence-corrected chi connectivity index (χ2v) is 4.19. The molecular weight excluding hydrogens is 226 g/mol. The van der Waals surface area contributed by atoms with Gasteiger partial charge in [-0.15, -0.1) is 0 Å². The van der Waals surface area contributed by atoms with E-state index >= 15 is 0 Å². The van der Waals surface area contributed by atoms with Crippen LogP contribution in [0, 0.1) is 0 Å². The van der Waals surface area contributed by atoms with Crippen molar-refractivity contribution in [3.8, 4) is 0 Å². The number of carbonyl (C=O) groups excluding carboxylic acids is 1. The Morgan fingerprint density at radius 2 is 2.06 bits per heavy atom. The molecular formula is C11H14ClN3O. The Kier molecular flexibility index (Phi) is 3.31. The highest BCUT2D eigenvalue weighted by atomic mass is 35.5. The van der Waals surface area contributed by atoms with Crippen LogP contribution in [0.15, 0.2) is 18.2 Å². The molecule has 0 atom stereocenters. The largest absolute Gasteiger partial charge is 0.399 e. The number of amides is 1. The summed E-state index contributed by atoms with van der Waals surface area (Å²) in [4.78, 5) is 13.9. The Hall–Kier alpha value is -1.26. The first-order chi connectivity index (χ1) is 7.68. The zero-order valence-corrected chi connectivity index (χ0v) is 9.63. The van der Waals surface area contributed by atoms with E-state index in [2.05, 4.69) is 5.32 Å². The summed E-state index contributed by atoms with van der Waals surface area (Å²) in [6, 6.07) is 4.98. The summed E-state index contributed by atoms with van der Waals surface area (Å²) in [5.41, 5.74) is 6.70. The fourth-order valence-electron chi connectivity index (χ4n) is 1.75. The molecule has 1 aromatic carbocycles. The third kappa shape index (κ3) is 2.28. The van der Waals surface area contributed by atoms with Gasteiger partial charge < -0.3 is 16.0 Å². The summed E-state index contributed by atoms with van der Waals surface area (Å²) in [6.07, 6.45) is 0. The average molecular weight is 240 g/mol. The predicted molar refractivity (Wildman–Crippen MR) is 64.6 cm³/mol. The van der Waals surface area contributed by atoms with E-state index in [1.165, 1.54) is 0 Å². The summed E-state index contributed by atoms with van der Waals surface area (Å²) in [5.74, 6) is -0.0428. The molecule has 1 aliphatic heterocycles. The zero-order valence-electron chi connectivity index (χ0n) is 8.87. The molecule has 4 nitrogen and oxygen atoms in total. The normalized spacial score (nSPS) is 16.2. The van der Waals surface area contributed by atoms with Crippen LogP contribution in [0.4, 0.5) is 5.69 Å².